The molecule has 0 radical (unpaired) electrons. The fraction of sp³-hybridized carbons (Fsp3) is 0.375. The van der Waals surface area contributed by atoms with Crippen LogP contribution in [0.5, 0.6) is 0 Å². The minimum atomic E-state index is 0.261. The Morgan fingerprint density at radius 2 is 2.00 bits per heavy atom. The summed E-state index contributed by atoms with van der Waals surface area (Å²) in [5.74, 6) is 0. The average Bonchev–Trinajstić information content (AvgIpc) is 2.58. The first-order chi connectivity index (χ1) is 7.58. The van der Waals surface area contributed by atoms with E-state index < -0.39 is 0 Å². The molecule has 0 fully saturated rings. The van der Waals surface area contributed by atoms with Crippen LogP contribution in [0.1, 0.15) is 4.88 Å². The molecule has 0 aliphatic rings. The molecule has 1 aromatic rings. The van der Waals surface area contributed by atoms with Crippen LogP contribution in [0.2, 0.25) is 9.62 Å². The van der Waals surface area contributed by atoms with Gasteiger partial charge in [0.05, 0.1) is 11.4 Å². The van der Waals surface area contributed by atoms with Gasteiger partial charge in [0.15, 0.2) is 4.47 Å². The van der Waals surface area contributed by atoms with E-state index in [1.807, 2.05) is 0 Å². The van der Waals surface area contributed by atoms with Crippen LogP contribution in [0, 0.1) is 0 Å². The lowest BCUT2D eigenvalue weighted by Crippen LogP contribution is -2.27. The van der Waals surface area contributed by atoms with Gasteiger partial charge in [-0.2, -0.15) is 0 Å². The Bertz CT molecular complexity index is 390. The molecule has 0 unspecified atom stereocenters. The topological polar surface area (TPSA) is 103 Å². The molecule has 0 saturated heterocycles. The molecule has 1 rings (SSSR count). The second kappa shape index (κ2) is 6.27. The Labute approximate surface area is 108 Å². The number of nitrogens with zero attached hydrogens (tertiary/aromatic N) is 1. The third-order valence-electron chi connectivity index (χ3n) is 1.90. The number of rotatable bonds is 5. The van der Waals surface area contributed by atoms with Crippen molar-refractivity contribution < 1.29 is 0 Å². The molecule has 0 aromatic carbocycles. The highest BCUT2D eigenvalue weighted by Gasteiger charge is 2.08. The van der Waals surface area contributed by atoms with Gasteiger partial charge in [-0.05, 0) is 0 Å². The van der Waals surface area contributed by atoms with Gasteiger partial charge in [0.2, 0.25) is 0 Å². The van der Waals surface area contributed by atoms with Gasteiger partial charge in [0, 0.05) is 24.5 Å². The lowest BCUT2D eigenvalue weighted by atomic mass is 10.3. The first-order valence-electron chi connectivity index (χ1n) is 4.50. The second-order valence-electron chi connectivity index (χ2n) is 2.95. The van der Waals surface area contributed by atoms with Gasteiger partial charge < -0.3 is 22.5 Å². The highest BCUT2D eigenvalue weighted by Crippen LogP contribution is 2.26. The van der Waals surface area contributed by atoms with E-state index in [0.29, 0.717) is 34.1 Å². The number of hydrogen-bond donors (Lipinski definition) is 4. The molecule has 5 nitrogen and oxygen atoms in total. The van der Waals surface area contributed by atoms with E-state index in [0.717, 1.165) is 4.88 Å². The van der Waals surface area contributed by atoms with Crippen LogP contribution >= 0.6 is 34.5 Å². The molecular formula is C8H13Cl2N5S. The summed E-state index contributed by atoms with van der Waals surface area (Å²) < 4.78 is 0.409. The number of nitrogens with one attached hydrogen (secondary N) is 1. The third kappa shape index (κ3) is 3.50. The zero-order chi connectivity index (χ0) is 12.1. The van der Waals surface area contributed by atoms with Gasteiger partial charge in [0.25, 0.3) is 0 Å². The summed E-state index contributed by atoms with van der Waals surface area (Å²) in [5.41, 5.74) is 17.9. The fourth-order valence-corrected chi connectivity index (χ4v) is 2.38. The van der Waals surface area contributed by atoms with Crippen molar-refractivity contribution in [3.05, 3.63) is 25.9 Å². The first kappa shape index (κ1) is 13.5. The third-order valence-corrected chi connectivity index (χ3v) is 3.48. The lowest BCUT2D eigenvalue weighted by Gasteiger charge is -2.11. The Morgan fingerprint density at radius 1 is 1.31 bits per heavy atom. The van der Waals surface area contributed by atoms with E-state index in [-0.39, 0.29) is 6.54 Å². The molecule has 0 spiro atoms. The van der Waals surface area contributed by atoms with E-state index in [9.17, 15) is 0 Å². The Hall–Kier alpha value is -0.530. The molecule has 0 saturated carbocycles. The van der Waals surface area contributed by atoms with Crippen molar-refractivity contribution in [2.45, 2.75) is 6.54 Å². The average molecular weight is 282 g/mol. The minimum Gasteiger partial charge on any atom is -0.400 e. The molecule has 1 aromatic heterocycles. The number of halogens is 2. The Balaban J connectivity index is 2.67. The summed E-state index contributed by atoms with van der Waals surface area (Å²) in [6.07, 6.45) is 0. The van der Waals surface area contributed by atoms with Gasteiger partial charge in [0.1, 0.15) is 5.15 Å². The molecule has 0 aliphatic heterocycles. The van der Waals surface area contributed by atoms with E-state index in [1.54, 1.807) is 0 Å². The molecule has 90 valence electrons. The minimum absolute atomic E-state index is 0.261. The van der Waals surface area contributed by atoms with E-state index in [4.69, 9.17) is 40.4 Å². The second-order valence-corrected chi connectivity index (χ2v) is 4.97. The van der Waals surface area contributed by atoms with Gasteiger partial charge >= 0.3 is 0 Å². The van der Waals surface area contributed by atoms with Crippen molar-refractivity contribution in [1.82, 2.24) is 10.3 Å². The van der Waals surface area contributed by atoms with Gasteiger partial charge in [-0.15, -0.1) is 11.3 Å². The maximum Gasteiger partial charge on any atom is 0.185 e. The molecule has 1 heterocycles. The molecule has 0 atom stereocenters. The van der Waals surface area contributed by atoms with Crippen LogP contribution < -0.4 is 22.5 Å². The molecule has 0 bridgehead atoms. The van der Waals surface area contributed by atoms with E-state index >= 15 is 0 Å². The Morgan fingerprint density at radius 3 is 2.44 bits per heavy atom. The number of nitrogens with two attached hydrogens (primary N) is 3. The number of hydrogen-bond acceptors (Lipinski definition) is 6. The normalized spacial score (nSPS) is 12.5. The first-order valence-corrected chi connectivity index (χ1v) is 6.08. The summed E-state index contributed by atoms with van der Waals surface area (Å²) in [5, 5.41) is 3.46. The van der Waals surface area contributed by atoms with Crippen LogP contribution in [0.4, 0.5) is 0 Å². The van der Waals surface area contributed by atoms with Crippen molar-refractivity contribution >= 4 is 34.5 Å². The van der Waals surface area contributed by atoms with Gasteiger partial charge in [-0.3, -0.25) is 0 Å². The predicted octanol–water partition coefficient (Wildman–Crippen LogP) is 0.627. The van der Waals surface area contributed by atoms with Crippen LogP contribution in [0.25, 0.3) is 0 Å². The SMILES string of the molecule is NC/C(N)=C(\CN)NCc1sc(Cl)nc1Cl. The van der Waals surface area contributed by atoms with Crippen LogP contribution in [0.15, 0.2) is 11.4 Å². The Kier molecular flexibility index (Phi) is 5.30. The highest BCUT2D eigenvalue weighted by molar-refractivity contribution is 7.16. The van der Waals surface area contributed by atoms with Crippen LogP contribution in [0.3, 0.4) is 0 Å². The summed E-state index contributed by atoms with van der Waals surface area (Å²) in [6.45, 7) is 1.04. The molecule has 0 aliphatic carbocycles. The summed E-state index contributed by atoms with van der Waals surface area (Å²) in [7, 11) is 0. The van der Waals surface area contributed by atoms with Crippen molar-refractivity contribution in [2.24, 2.45) is 17.2 Å². The summed E-state index contributed by atoms with van der Waals surface area (Å²) >= 11 is 12.9. The monoisotopic (exact) mass is 281 g/mol. The van der Waals surface area contributed by atoms with Crippen LogP contribution in [-0.4, -0.2) is 18.1 Å². The zero-order valence-electron chi connectivity index (χ0n) is 8.46. The molecule has 0 amide bonds. The number of aromatic nitrogens is 1. The van der Waals surface area contributed by atoms with Gasteiger partial charge in [-0.25, -0.2) is 4.98 Å². The lowest BCUT2D eigenvalue weighted by molar-refractivity contribution is 0.771. The summed E-state index contributed by atoms with van der Waals surface area (Å²) in [4.78, 5) is 4.72. The van der Waals surface area contributed by atoms with Crippen molar-refractivity contribution in [2.75, 3.05) is 13.1 Å². The predicted molar refractivity (Wildman–Crippen MR) is 68.3 cm³/mol. The zero-order valence-corrected chi connectivity index (χ0v) is 10.8. The largest absolute Gasteiger partial charge is 0.400 e. The molecule has 16 heavy (non-hydrogen) atoms. The van der Waals surface area contributed by atoms with E-state index in [1.165, 1.54) is 11.3 Å². The quantitative estimate of drug-likeness (QED) is 0.634. The van der Waals surface area contributed by atoms with Crippen molar-refractivity contribution in [3.63, 3.8) is 0 Å². The van der Waals surface area contributed by atoms with E-state index in [2.05, 4.69) is 10.3 Å². The highest BCUT2D eigenvalue weighted by atomic mass is 35.5. The fourth-order valence-electron chi connectivity index (χ4n) is 1.04. The number of thiazole rings is 1. The molecule has 8 heteroatoms. The van der Waals surface area contributed by atoms with Crippen LogP contribution in [-0.2, 0) is 6.54 Å². The summed E-state index contributed by atoms with van der Waals surface area (Å²) in [6, 6.07) is 0. The smallest absolute Gasteiger partial charge is 0.185 e. The van der Waals surface area contributed by atoms with Crippen molar-refractivity contribution in [1.29, 1.82) is 0 Å². The molecular weight excluding hydrogens is 269 g/mol. The maximum absolute atomic E-state index is 5.86. The molecule has 7 N–H and O–H groups in total. The van der Waals surface area contributed by atoms with Gasteiger partial charge in [-0.1, -0.05) is 23.2 Å². The van der Waals surface area contributed by atoms with Crippen molar-refractivity contribution in [3.8, 4) is 0 Å². The maximum atomic E-state index is 5.86. The standard InChI is InChI=1S/C8H13Cl2N5S/c9-7-6(16-8(10)15-7)3-14-5(2-12)4(13)1-11/h14H,1-3,11-13H2/b5-4-.